The Balaban J connectivity index is 1.60. The van der Waals surface area contributed by atoms with Gasteiger partial charge in [0.05, 0.1) is 43.1 Å². The zero-order valence-corrected chi connectivity index (χ0v) is 18.3. The number of quaternary nitrogens is 1. The van der Waals surface area contributed by atoms with Crippen LogP contribution in [0.1, 0.15) is 22.8 Å². The first-order valence-corrected chi connectivity index (χ1v) is 11.3. The number of aromatic nitrogens is 1. The molecule has 0 unspecified atom stereocenters. The number of hydrogen-bond acceptors (Lipinski definition) is 5. The van der Waals surface area contributed by atoms with Gasteiger partial charge in [-0.2, -0.15) is 0 Å². The van der Waals surface area contributed by atoms with Gasteiger partial charge in [0.1, 0.15) is 18.8 Å². The Morgan fingerprint density at radius 3 is 2.70 bits per heavy atom. The Labute approximate surface area is 181 Å². The van der Waals surface area contributed by atoms with Crippen molar-refractivity contribution in [3.05, 3.63) is 53.6 Å². The Bertz CT molecular complexity index is 997. The number of carbonyl (C=O) groups excluding carboxylic acids is 1. The van der Waals surface area contributed by atoms with Crippen LogP contribution < -0.4 is 14.5 Å². The van der Waals surface area contributed by atoms with Gasteiger partial charge in [-0.15, -0.1) is 0 Å². The third kappa shape index (κ3) is 4.80. The number of anilines is 1. The fourth-order valence-corrected chi connectivity index (χ4v) is 4.70. The molecule has 4 rings (SSSR count). The van der Waals surface area contributed by atoms with Crippen LogP contribution in [0.2, 0.25) is 0 Å². The molecule has 1 aliphatic rings. The number of morpholine rings is 1. The fourth-order valence-electron chi connectivity index (χ4n) is 3.62. The van der Waals surface area contributed by atoms with Crippen molar-refractivity contribution in [2.75, 3.05) is 50.9 Å². The van der Waals surface area contributed by atoms with Crippen LogP contribution in [0.15, 0.2) is 42.5 Å². The average molecular weight is 427 g/mol. The molecular weight excluding hydrogens is 398 g/mol. The first-order valence-electron chi connectivity index (χ1n) is 10.5. The van der Waals surface area contributed by atoms with Crippen molar-refractivity contribution in [2.45, 2.75) is 13.8 Å². The van der Waals surface area contributed by atoms with Gasteiger partial charge in [0.15, 0.2) is 5.13 Å². The largest absolute Gasteiger partial charge is 0.494 e. The van der Waals surface area contributed by atoms with E-state index in [1.807, 2.05) is 42.2 Å². The highest BCUT2D eigenvalue weighted by Crippen LogP contribution is 2.30. The SMILES string of the molecule is CCOc1ccc(C(=O)N(CC[NH+]2CCOCC2)c2nc3ccc(C)cc3s2)cc1. The summed E-state index contributed by atoms with van der Waals surface area (Å²) in [6, 6.07) is 13.6. The van der Waals surface area contributed by atoms with Crippen molar-refractivity contribution in [1.29, 1.82) is 0 Å². The highest BCUT2D eigenvalue weighted by Gasteiger charge is 2.24. The molecule has 1 N–H and O–H groups in total. The number of fused-ring (bicyclic) bond motifs is 1. The van der Waals surface area contributed by atoms with Gasteiger partial charge in [0.25, 0.3) is 5.91 Å². The molecule has 0 saturated carbocycles. The smallest absolute Gasteiger partial charge is 0.260 e. The minimum absolute atomic E-state index is 0.0264. The van der Waals surface area contributed by atoms with Gasteiger partial charge in [-0.3, -0.25) is 9.69 Å². The highest BCUT2D eigenvalue weighted by atomic mass is 32.1. The van der Waals surface area contributed by atoms with E-state index in [2.05, 4.69) is 19.1 Å². The van der Waals surface area contributed by atoms with E-state index in [1.54, 1.807) is 11.3 Å². The zero-order chi connectivity index (χ0) is 20.9. The van der Waals surface area contributed by atoms with Gasteiger partial charge in [-0.25, -0.2) is 4.98 Å². The number of rotatable bonds is 7. The molecule has 0 radical (unpaired) electrons. The summed E-state index contributed by atoms with van der Waals surface area (Å²) in [5.41, 5.74) is 2.77. The summed E-state index contributed by atoms with van der Waals surface area (Å²) < 4.78 is 12.1. The molecular formula is C23H28N3O3S+. The number of hydrogen-bond donors (Lipinski definition) is 1. The van der Waals surface area contributed by atoms with E-state index in [1.165, 1.54) is 10.5 Å². The molecule has 30 heavy (non-hydrogen) atoms. The third-order valence-electron chi connectivity index (χ3n) is 5.31. The van der Waals surface area contributed by atoms with Crippen LogP contribution in [0.3, 0.4) is 0 Å². The minimum Gasteiger partial charge on any atom is -0.494 e. The second-order valence-corrected chi connectivity index (χ2v) is 8.50. The second kappa shape index (κ2) is 9.55. The van der Waals surface area contributed by atoms with Crippen LogP contribution in [0, 0.1) is 6.92 Å². The second-order valence-electron chi connectivity index (χ2n) is 7.49. The lowest BCUT2D eigenvalue weighted by Crippen LogP contribution is -3.14. The lowest BCUT2D eigenvalue weighted by atomic mass is 10.2. The van der Waals surface area contributed by atoms with E-state index in [0.29, 0.717) is 18.7 Å². The van der Waals surface area contributed by atoms with Crippen molar-refractivity contribution in [2.24, 2.45) is 0 Å². The predicted octanol–water partition coefficient (Wildman–Crippen LogP) is 2.57. The van der Waals surface area contributed by atoms with E-state index in [4.69, 9.17) is 14.5 Å². The van der Waals surface area contributed by atoms with Gasteiger partial charge >= 0.3 is 0 Å². The van der Waals surface area contributed by atoms with E-state index in [-0.39, 0.29) is 5.91 Å². The molecule has 158 valence electrons. The van der Waals surface area contributed by atoms with Gasteiger partial charge in [-0.1, -0.05) is 17.4 Å². The Kier molecular flexibility index (Phi) is 6.62. The molecule has 1 aliphatic heterocycles. The van der Waals surface area contributed by atoms with Crippen molar-refractivity contribution in [1.82, 2.24) is 4.98 Å². The van der Waals surface area contributed by atoms with Crippen molar-refractivity contribution in [3.63, 3.8) is 0 Å². The van der Waals surface area contributed by atoms with E-state index < -0.39 is 0 Å². The molecule has 1 saturated heterocycles. The lowest BCUT2D eigenvalue weighted by Gasteiger charge is -2.27. The van der Waals surface area contributed by atoms with Crippen molar-refractivity contribution >= 4 is 32.6 Å². The molecule has 1 amide bonds. The number of benzene rings is 2. The van der Waals surface area contributed by atoms with Crippen LogP contribution in [0.25, 0.3) is 10.2 Å². The molecule has 0 spiro atoms. The van der Waals surface area contributed by atoms with Gasteiger partial charge in [-0.05, 0) is 55.8 Å². The average Bonchev–Trinajstić information content (AvgIpc) is 3.18. The third-order valence-corrected chi connectivity index (χ3v) is 6.35. The molecule has 3 aromatic rings. The minimum atomic E-state index is -0.0264. The first-order chi connectivity index (χ1) is 14.6. The molecule has 0 aliphatic carbocycles. The number of thiazole rings is 1. The number of ether oxygens (including phenoxy) is 2. The topological polar surface area (TPSA) is 56.1 Å². The maximum Gasteiger partial charge on any atom is 0.260 e. The molecule has 1 aromatic heterocycles. The molecule has 7 heteroatoms. The molecule has 1 fully saturated rings. The maximum absolute atomic E-state index is 13.4. The van der Waals surface area contributed by atoms with Crippen LogP contribution in [0.4, 0.5) is 5.13 Å². The Morgan fingerprint density at radius 1 is 1.20 bits per heavy atom. The standard InChI is InChI=1S/C23H27N3O3S/c1-3-29-19-7-5-18(6-8-19)22(27)26(11-10-25-12-14-28-15-13-25)23-24-20-9-4-17(2)16-21(20)30-23/h4-9,16H,3,10-15H2,1-2H3/p+1. The summed E-state index contributed by atoms with van der Waals surface area (Å²) in [4.78, 5) is 21.5. The highest BCUT2D eigenvalue weighted by molar-refractivity contribution is 7.22. The predicted molar refractivity (Wildman–Crippen MR) is 120 cm³/mol. The van der Waals surface area contributed by atoms with Gasteiger partial charge < -0.3 is 14.4 Å². The Morgan fingerprint density at radius 2 is 1.97 bits per heavy atom. The molecule has 2 aromatic carbocycles. The fraction of sp³-hybridized carbons (Fsp3) is 0.391. The van der Waals surface area contributed by atoms with Crippen LogP contribution >= 0.6 is 11.3 Å². The van der Waals surface area contributed by atoms with Gasteiger partial charge in [0, 0.05) is 5.56 Å². The molecule has 0 bridgehead atoms. The zero-order valence-electron chi connectivity index (χ0n) is 17.5. The van der Waals surface area contributed by atoms with E-state index >= 15 is 0 Å². The number of nitrogens with one attached hydrogen (secondary N) is 1. The molecule has 6 nitrogen and oxygen atoms in total. The first kappa shape index (κ1) is 20.8. The quantitative estimate of drug-likeness (QED) is 0.631. The van der Waals surface area contributed by atoms with Crippen molar-refractivity contribution in [3.8, 4) is 5.75 Å². The normalized spacial score (nSPS) is 14.7. The number of carbonyl (C=O) groups is 1. The van der Waals surface area contributed by atoms with E-state index in [0.717, 1.165) is 53.9 Å². The molecule has 0 atom stereocenters. The summed E-state index contributed by atoms with van der Waals surface area (Å²) >= 11 is 1.58. The van der Waals surface area contributed by atoms with Crippen molar-refractivity contribution < 1.29 is 19.2 Å². The van der Waals surface area contributed by atoms with Crippen LogP contribution in [-0.4, -0.2) is 56.9 Å². The summed E-state index contributed by atoms with van der Waals surface area (Å²) in [7, 11) is 0. The lowest BCUT2D eigenvalue weighted by molar-refractivity contribution is -0.906. The summed E-state index contributed by atoms with van der Waals surface area (Å²) in [5, 5.41) is 0.752. The number of amides is 1. The Hall–Kier alpha value is -2.48. The van der Waals surface area contributed by atoms with Crippen LogP contribution in [0.5, 0.6) is 5.75 Å². The number of aryl methyl sites for hydroxylation is 1. The summed E-state index contributed by atoms with van der Waals surface area (Å²) in [6.07, 6.45) is 0. The maximum atomic E-state index is 13.4. The summed E-state index contributed by atoms with van der Waals surface area (Å²) in [6.45, 7) is 9.64. The summed E-state index contributed by atoms with van der Waals surface area (Å²) in [5.74, 6) is 0.746. The molecule has 2 heterocycles. The number of nitrogens with zero attached hydrogens (tertiary/aromatic N) is 2. The van der Waals surface area contributed by atoms with Crippen LogP contribution in [-0.2, 0) is 4.74 Å². The van der Waals surface area contributed by atoms with Gasteiger partial charge in [0.2, 0.25) is 0 Å². The van der Waals surface area contributed by atoms with E-state index in [9.17, 15) is 4.79 Å². The monoisotopic (exact) mass is 426 g/mol.